The zero-order valence-corrected chi connectivity index (χ0v) is 11.1. The zero-order valence-electron chi connectivity index (χ0n) is 11.1. The molecule has 24 heavy (non-hydrogen) atoms. The molecule has 0 aromatic heterocycles. The van der Waals surface area contributed by atoms with E-state index in [0.717, 1.165) is 6.92 Å². The SMILES string of the molecule is CC1=C(OC(F)(F)C(F)(F)C(F)(F)C(F)(F)C(F)CC(F)(F)F)O1. The van der Waals surface area contributed by atoms with E-state index in [9.17, 15) is 52.7 Å². The first kappa shape index (κ1) is 20.5. The maximum atomic E-state index is 13.2. The van der Waals surface area contributed by atoms with Crippen LogP contribution in [0.15, 0.2) is 11.7 Å². The standard InChI is InChI=1S/C10H6F12O2/c1-3-5(23-3)24-10(21,22)9(19,20)8(17,18)7(15,16)4(11)2-6(12,13)14/h4H,2H2,1H3. The van der Waals surface area contributed by atoms with Crippen LogP contribution in [-0.4, -0.2) is 36.2 Å². The summed E-state index contributed by atoms with van der Waals surface area (Å²) >= 11 is 0. The molecule has 0 bridgehead atoms. The van der Waals surface area contributed by atoms with Gasteiger partial charge in [0, 0.05) is 6.92 Å². The van der Waals surface area contributed by atoms with E-state index in [1.807, 2.05) is 0 Å². The molecule has 2 nitrogen and oxygen atoms in total. The summed E-state index contributed by atoms with van der Waals surface area (Å²) in [5, 5.41) is 0. The second kappa shape index (κ2) is 5.51. The molecular formula is C10H6F12O2. The molecule has 0 aliphatic carbocycles. The van der Waals surface area contributed by atoms with Crippen LogP contribution in [-0.2, 0) is 9.47 Å². The maximum Gasteiger partial charge on any atom is 0.473 e. The van der Waals surface area contributed by atoms with E-state index in [1.165, 1.54) is 0 Å². The second-order valence-corrected chi connectivity index (χ2v) is 4.62. The number of ether oxygens (including phenoxy) is 2. The minimum absolute atomic E-state index is 0.555. The highest BCUT2D eigenvalue weighted by atomic mass is 19.4. The molecule has 0 fully saturated rings. The molecule has 1 unspecified atom stereocenters. The second-order valence-electron chi connectivity index (χ2n) is 4.62. The van der Waals surface area contributed by atoms with Gasteiger partial charge >= 0.3 is 36.0 Å². The summed E-state index contributed by atoms with van der Waals surface area (Å²) in [5.74, 6) is -23.0. The topological polar surface area (TPSA) is 21.8 Å². The first-order valence-corrected chi connectivity index (χ1v) is 5.66. The van der Waals surface area contributed by atoms with Crippen molar-refractivity contribution in [1.29, 1.82) is 0 Å². The van der Waals surface area contributed by atoms with Gasteiger partial charge in [0.15, 0.2) is 11.9 Å². The Bertz CT molecular complexity index is 520. The zero-order chi connectivity index (χ0) is 19.4. The van der Waals surface area contributed by atoms with Crippen LogP contribution >= 0.6 is 0 Å². The van der Waals surface area contributed by atoms with Gasteiger partial charge in [0.1, 0.15) is 0 Å². The molecule has 1 rings (SSSR count). The number of hydrogen-bond acceptors (Lipinski definition) is 2. The highest BCUT2D eigenvalue weighted by Crippen LogP contribution is 2.56. The van der Waals surface area contributed by atoms with Crippen LogP contribution in [0.3, 0.4) is 0 Å². The van der Waals surface area contributed by atoms with Gasteiger partial charge in [-0.05, 0) is 0 Å². The number of hydrogen-bond donors (Lipinski definition) is 0. The van der Waals surface area contributed by atoms with Crippen LogP contribution in [0, 0.1) is 0 Å². The van der Waals surface area contributed by atoms with Gasteiger partial charge in [-0.15, -0.1) is 0 Å². The molecule has 142 valence electrons. The normalized spacial score (nSPS) is 18.4. The number of allylic oxidation sites excluding steroid dienone is 1. The van der Waals surface area contributed by atoms with Crippen LogP contribution in [0.5, 0.6) is 0 Å². The van der Waals surface area contributed by atoms with E-state index >= 15 is 0 Å². The molecule has 0 radical (unpaired) electrons. The van der Waals surface area contributed by atoms with Crippen molar-refractivity contribution in [2.45, 2.75) is 49.6 Å². The van der Waals surface area contributed by atoms with Gasteiger partial charge in [-0.2, -0.15) is 48.3 Å². The van der Waals surface area contributed by atoms with E-state index in [1.54, 1.807) is 0 Å². The smallest absolute Gasteiger partial charge is 0.421 e. The Morgan fingerprint density at radius 1 is 0.875 bits per heavy atom. The monoisotopic (exact) mass is 386 g/mol. The van der Waals surface area contributed by atoms with Crippen molar-refractivity contribution < 1.29 is 62.2 Å². The Morgan fingerprint density at radius 2 is 1.29 bits per heavy atom. The summed E-state index contributed by atoms with van der Waals surface area (Å²) in [7, 11) is 0. The Kier molecular flexibility index (Phi) is 4.72. The van der Waals surface area contributed by atoms with Crippen LogP contribution in [0.1, 0.15) is 13.3 Å². The number of rotatable bonds is 7. The highest BCUT2D eigenvalue weighted by Gasteiger charge is 2.84. The molecule has 1 aliphatic rings. The number of alkyl halides is 12. The average Bonchev–Trinajstić information content (AvgIpc) is 3.00. The lowest BCUT2D eigenvalue weighted by atomic mass is 9.97. The summed E-state index contributed by atoms with van der Waals surface area (Å²) in [6, 6.07) is 0. The highest BCUT2D eigenvalue weighted by molar-refractivity contribution is 5.10. The summed E-state index contributed by atoms with van der Waals surface area (Å²) in [5.41, 5.74) is 0. The van der Waals surface area contributed by atoms with Gasteiger partial charge in [0.25, 0.3) is 0 Å². The third kappa shape index (κ3) is 3.45. The van der Waals surface area contributed by atoms with E-state index in [-0.39, 0.29) is 0 Å². The van der Waals surface area contributed by atoms with Crippen molar-refractivity contribution in [3.05, 3.63) is 11.7 Å². The molecule has 0 spiro atoms. The third-order valence-electron chi connectivity index (χ3n) is 2.70. The Hall–Kier alpha value is -1.50. The fourth-order valence-electron chi connectivity index (χ4n) is 1.31. The maximum absolute atomic E-state index is 13.2. The molecule has 0 amide bonds. The Morgan fingerprint density at radius 3 is 1.62 bits per heavy atom. The van der Waals surface area contributed by atoms with E-state index < -0.39 is 54.3 Å². The summed E-state index contributed by atoms with van der Waals surface area (Å²) < 4.78 is 160. The molecule has 1 heterocycles. The molecule has 14 heteroatoms. The molecule has 0 saturated carbocycles. The molecule has 1 aliphatic heterocycles. The van der Waals surface area contributed by atoms with Crippen LogP contribution in [0.25, 0.3) is 0 Å². The lowest BCUT2D eigenvalue weighted by molar-refractivity contribution is -0.427. The van der Waals surface area contributed by atoms with Gasteiger partial charge in [0.05, 0.1) is 6.42 Å². The van der Waals surface area contributed by atoms with Gasteiger partial charge in [-0.1, -0.05) is 0 Å². The lowest BCUT2D eigenvalue weighted by Gasteiger charge is -2.36. The predicted octanol–water partition coefficient (Wildman–Crippen LogP) is 5.01. The third-order valence-corrected chi connectivity index (χ3v) is 2.70. The molecule has 0 aromatic rings. The molecule has 0 saturated heterocycles. The first-order chi connectivity index (χ1) is 10.4. The van der Waals surface area contributed by atoms with Crippen molar-refractivity contribution in [1.82, 2.24) is 0 Å². The fourth-order valence-corrected chi connectivity index (χ4v) is 1.31. The summed E-state index contributed by atoms with van der Waals surface area (Å²) in [6.45, 7) is 0.858. The molecule has 0 aromatic carbocycles. The van der Waals surface area contributed by atoms with E-state index in [2.05, 4.69) is 9.47 Å². The Labute approximate surface area is 125 Å². The van der Waals surface area contributed by atoms with E-state index in [0.29, 0.717) is 0 Å². The van der Waals surface area contributed by atoms with Crippen molar-refractivity contribution in [3.8, 4) is 0 Å². The minimum atomic E-state index is -7.22. The summed E-state index contributed by atoms with van der Waals surface area (Å²) in [4.78, 5) is 0. The van der Waals surface area contributed by atoms with Gasteiger partial charge in [-0.25, -0.2) is 4.39 Å². The van der Waals surface area contributed by atoms with Gasteiger partial charge in [0.2, 0.25) is 0 Å². The molecule has 0 N–H and O–H groups in total. The number of halogens is 12. The van der Waals surface area contributed by atoms with Gasteiger partial charge in [-0.3, -0.25) is 0 Å². The average molecular weight is 386 g/mol. The van der Waals surface area contributed by atoms with Crippen molar-refractivity contribution in [3.63, 3.8) is 0 Å². The van der Waals surface area contributed by atoms with Crippen LogP contribution in [0.4, 0.5) is 52.7 Å². The van der Waals surface area contributed by atoms with E-state index in [4.69, 9.17) is 0 Å². The molecular weight excluding hydrogens is 380 g/mol. The van der Waals surface area contributed by atoms with Gasteiger partial charge < -0.3 is 9.47 Å². The quantitative estimate of drug-likeness (QED) is 0.574. The van der Waals surface area contributed by atoms with Crippen molar-refractivity contribution in [2.24, 2.45) is 0 Å². The van der Waals surface area contributed by atoms with Crippen LogP contribution < -0.4 is 0 Å². The first-order valence-electron chi connectivity index (χ1n) is 5.66. The Balaban J connectivity index is 3.13. The minimum Gasteiger partial charge on any atom is -0.421 e. The predicted molar refractivity (Wildman–Crippen MR) is 50.2 cm³/mol. The van der Waals surface area contributed by atoms with Crippen molar-refractivity contribution >= 4 is 0 Å². The largest absolute Gasteiger partial charge is 0.473 e. The lowest BCUT2D eigenvalue weighted by Crippen LogP contribution is -2.65. The fraction of sp³-hybridized carbons (Fsp3) is 0.800. The van der Waals surface area contributed by atoms with Crippen LogP contribution in [0.2, 0.25) is 0 Å². The summed E-state index contributed by atoms with van der Waals surface area (Å²) in [6.07, 6.45) is -20.3. The molecule has 1 atom stereocenters. The van der Waals surface area contributed by atoms with Crippen molar-refractivity contribution in [2.75, 3.05) is 0 Å².